The molecular weight excluding hydrogens is 458 g/mol. The number of aliphatic hydroxyl groups is 1. The molecule has 5 nitrogen and oxygen atoms in total. The number of guanidine groups is 1. The molecule has 27 heavy (non-hydrogen) atoms. The number of hydrogen-bond acceptors (Lipinski definition) is 3. The molecule has 0 aliphatic heterocycles. The predicted octanol–water partition coefficient (Wildman–Crippen LogP) is 3.49. The minimum absolute atomic E-state index is 0. The Labute approximate surface area is 176 Å². The maximum absolute atomic E-state index is 13.8. The van der Waals surface area contributed by atoms with E-state index in [4.69, 9.17) is 5.26 Å². The molecule has 0 spiro atoms. The zero-order valence-electron chi connectivity index (χ0n) is 15.2. The van der Waals surface area contributed by atoms with Gasteiger partial charge in [0.15, 0.2) is 5.96 Å². The number of aliphatic imine (C=N–C) groups is 1. The molecule has 0 amide bonds. The number of rotatable bonds is 7. The van der Waals surface area contributed by atoms with E-state index in [1.54, 1.807) is 0 Å². The Morgan fingerprint density at radius 2 is 1.96 bits per heavy atom. The fraction of sp³-hybridized carbons (Fsp3) is 0.300. The van der Waals surface area contributed by atoms with Crippen molar-refractivity contribution >= 4 is 29.9 Å². The van der Waals surface area contributed by atoms with Crippen LogP contribution in [0.25, 0.3) is 0 Å². The monoisotopic (exact) mass is 482 g/mol. The van der Waals surface area contributed by atoms with Crippen molar-refractivity contribution in [3.63, 3.8) is 0 Å². The van der Waals surface area contributed by atoms with Crippen molar-refractivity contribution in [3.05, 3.63) is 71.0 Å². The van der Waals surface area contributed by atoms with Crippen LogP contribution < -0.4 is 10.6 Å². The molecule has 0 bridgehead atoms. The van der Waals surface area contributed by atoms with Crippen LogP contribution in [0.2, 0.25) is 0 Å². The van der Waals surface area contributed by atoms with Crippen molar-refractivity contribution in [2.45, 2.75) is 26.0 Å². The Morgan fingerprint density at radius 3 is 2.63 bits per heavy atom. The summed E-state index contributed by atoms with van der Waals surface area (Å²) in [6.45, 7) is 3.24. The van der Waals surface area contributed by atoms with E-state index in [9.17, 15) is 9.50 Å². The number of nitriles is 1. The first-order valence-corrected chi connectivity index (χ1v) is 8.57. The van der Waals surface area contributed by atoms with Gasteiger partial charge in [-0.05, 0) is 37.1 Å². The Bertz CT molecular complexity index is 777. The van der Waals surface area contributed by atoms with E-state index in [2.05, 4.69) is 15.6 Å². The van der Waals surface area contributed by atoms with Crippen molar-refractivity contribution in [3.8, 4) is 6.07 Å². The van der Waals surface area contributed by atoms with E-state index in [0.717, 1.165) is 5.56 Å². The first kappa shape index (κ1) is 22.9. The van der Waals surface area contributed by atoms with Gasteiger partial charge in [-0.3, -0.25) is 0 Å². The van der Waals surface area contributed by atoms with Crippen molar-refractivity contribution < 1.29 is 9.50 Å². The van der Waals surface area contributed by atoms with E-state index < -0.39 is 6.10 Å². The highest BCUT2D eigenvalue weighted by Crippen LogP contribution is 2.15. The van der Waals surface area contributed by atoms with E-state index >= 15 is 0 Å². The molecule has 0 aliphatic carbocycles. The molecule has 0 saturated heterocycles. The van der Waals surface area contributed by atoms with Gasteiger partial charge in [0.1, 0.15) is 5.82 Å². The molecule has 0 aliphatic rings. The van der Waals surface area contributed by atoms with Crippen LogP contribution in [0.5, 0.6) is 0 Å². The minimum atomic E-state index is -0.559. The molecule has 0 fully saturated rings. The summed E-state index contributed by atoms with van der Waals surface area (Å²) in [4.78, 5) is 4.35. The number of aliphatic hydroxyl groups excluding tert-OH is 1. The maximum atomic E-state index is 13.8. The van der Waals surface area contributed by atoms with E-state index in [0.29, 0.717) is 36.6 Å². The van der Waals surface area contributed by atoms with Gasteiger partial charge in [0, 0.05) is 18.7 Å². The molecule has 3 N–H and O–H groups in total. The average Bonchev–Trinajstić information content (AvgIpc) is 2.67. The predicted molar refractivity (Wildman–Crippen MR) is 115 cm³/mol. The fourth-order valence-electron chi connectivity index (χ4n) is 2.44. The molecule has 7 heteroatoms. The number of benzene rings is 2. The number of halogens is 2. The number of nitrogens with zero attached hydrogens (tertiary/aromatic N) is 2. The van der Waals surface area contributed by atoms with E-state index in [1.807, 2.05) is 43.3 Å². The second-order valence-corrected chi connectivity index (χ2v) is 5.76. The highest BCUT2D eigenvalue weighted by molar-refractivity contribution is 14.0. The third kappa shape index (κ3) is 7.53. The molecule has 1 unspecified atom stereocenters. The van der Waals surface area contributed by atoms with Crippen LogP contribution >= 0.6 is 24.0 Å². The van der Waals surface area contributed by atoms with Crippen LogP contribution in [0.4, 0.5) is 4.39 Å². The van der Waals surface area contributed by atoms with Gasteiger partial charge in [-0.2, -0.15) is 5.26 Å². The van der Waals surface area contributed by atoms with Crippen LogP contribution in [-0.4, -0.2) is 24.2 Å². The van der Waals surface area contributed by atoms with Crippen LogP contribution in [0.1, 0.15) is 36.1 Å². The number of nitrogens with one attached hydrogen (secondary N) is 2. The van der Waals surface area contributed by atoms with Gasteiger partial charge in [0.25, 0.3) is 0 Å². The molecule has 2 aromatic rings. The van der Waals surface area contributed by atoms with Crippen molar-refractivity contribution in [1.82, 2.24) is 10.6 Å². The molecule has 0 heterocycles. The average molecular weight is 482 g/mol. The normalized spacial score (nSPS) is 11.9. The third-order valence-electron chi connectivity index (χ3n) is 3.82. The molecule has 2 rings (SSSR count). The largest absolute Gasteiger partial charge is 0.388 e. The summed E-state index contributed by atoms with van der Waals surface area (Å²) in [5, 5.41) is 25.3. The van der Waals surface area contributed by atoms with Gasteiger partial charge in [0.2, 0.25) is 0 Å². The summed E-state index contributed by atoms with van der Waals surface area (Å²) in [6, 6.07) is 15.7. The van der Waals surface area contributed by atoms with Gasteiger partial charge in [-0.1, -0.05) is 30.3 Å². The van der Waals surface area contributed by atoms with Crippen LogP contribution in [0.15, 0.2) is 53.5 Å². The van der Waals surface area contributed by atoms with Gasteiger partial charge in [-0.25, -0.2) is 9.38 Å². The summed E-state index contributed by atoms with van der Waals surface area (Å²) in [7, 11) is 0. The summed E-state index contributed by atoms with van der Waals surface area (Å²) >= 11 is 0. The summed E-state index contributed by atoms with van der Waals surface area (Å²) in [6.07, 6.45) is -0.0384. The van der Waals surface area contributed by atoms with Crippen LogP contribution in [-0.2, 0) is 6.54 Å². The number of hydrogen-bond donors (Lipinski definition) is 3. The van der Waals surface area contributed by atoms with Gasteiger partial charge >= 0.3 is 0 Å². The molecule has 2 aromatic carbocycles. The van der Waals surface area contributed by atoms with Gasteiger partial charge in [-0.15, -0.1) is 24.0 Å². The summed E-state index contributed by atoms with van der Waals surface area (Å²) < 4.78 is 13.8. The Kier molecular flexibility index (Phi) is 10.4. The lowest BCUT2D eigenvalue weighted by molar-refractivity contribution is 0.168. The van der Waals surface area contributed by atoms with Gasteiger partial charge < -0.3 is 15.7 Å². The first-order chi connectivity index (χ1) is 12.6. The lowest BCUT2D eigenvalue weighted by Gasteiger charge is -2.14. The first-order valence-electron chi connectivity index (χ1n) is 8.57. The summed E-state index contributed by atoms with van der Waals surface area (Å²) in [5.41, 5.74) is 1.64. The molecule has 0 aromatic heterocycles. The quantitative estimate of drug-likeness (QED) is 0.321. The van der Waals surface area contributed by atoms with Crippen molar-refractivity contribution in [2.24, 2.45) is 4.99 Å². The lowest BCUT2D eigenvalue weighted by Crippen LogP contribution is -2.38. The Morgan fingerprint density at radius 1 is 1.22 bits per heavy atom. The minimum Gasteiger partial charge on any atom is -0.388 e. The van der Waals surface area contributed by atoms with Crippen LogP contribution in [0.3, 0.4) is 0 Å². The van der Waals surface area contributed by atoms with Gasteiger partial charge in [0.05, 0.1) is 24.3 Å². The fourth-order valence-corrected chi connectivity index (χ4v) is 2.44. The van der Waals surface area contributed by atoms with Crippen molar-refractivity contribution in [2.75, 3.05) is 13.1 Å². The molecule has 0 saturated carbocycles. The smallest absolute Gasteiger partial charge is 0.191 e. The Balaban J connectivity index is 0.00000364. The standard InChI is InChI=1S/C20H23FN4O.HI/c1-2-23-20(24-11-10-19(26)16-6-4-3-5-7-16)25-14-17-12-15(13-22)8-9-18(17)21;/h3-9,12,19,26H,2,10-11,14H2,1H3,(H2,23,24,25);1H. The van der Waals surface area contributed by atoms with E-state index in [1.165, 1.54) is 18.2 Å². The van der Waals surface area contributed by atoms with E-state index in [-0.39, 0.29) is 36.3 Å². The third-order valence-corrected chi connectivity index (χ3v) is 3.82. The highest BCUT2D eigenvalue weighted by atomic mass is 127. The second kappa shape index (κ2) is 12.3. The summed E-state index contributed by atoms with van der Waals surface area (Å²) in [5.74, 6) is 0.151. The molecule has 0 radical (unpaired) electrons. The zero-order chi connectivity index (χ0) is 18.8. The maximum Gasteiger partial charge on any atom is 0.191 e. The molecule has 144 valence electrons. The second-order valence-electron chi connectivity index (χ2n) is 5.76. The highest BCUT2D eigenvalue weighted by Gasteiger charge is 2.08. The molecular formula is C20H24FIN4O. The molecule has 1 atom stereocenters. The SMILES string of the molecule is CCNC(=NCc1cc(C#N)ccc1F)NCCC(O)c1ccccc1.I. The topological polar surface area (TPSA) is 80.4 Å². The lowest BCUT2D eigenvalue weighted by atomic mass is 10.1. The zero-order valence-corrected chi connectivity index (χ0v) is 17.5. The Hall–Kier alpha value is -2.18. The van der Waals surface area contributed by atoms with Crippen LogP contribution in [0, 0.1) is 17.1 Å². The van der Waals surface area contributed by atoms with Crippen molar-refractivity contribution in [1.29, 1.82) is 5.26 Å².